The number of carbonyl (C=O) groups excluding carboxylic acids is 2. The second-order valence-corrected chi connectivity index (χ2v) is 13.3. The summed E-state index contributed by atoms with van der Waals surface area (Å²) >= 11 is 6.44. The fourth-order valence-corrected chi connectivity index (χ4v) is 6.70. The number of benzene rings is 4. The van der Waals surface area contributed by atoms with Crippen molar-refractivity contribution in [1.82, 2.24) is 10.2 Å². The van der Waals surface area contributed by atoms with Crippen LogP contribution in [0, 0.1) is 0 Å². The van der Waals surface area contributed by atoms with Gasteiger partial charge in [0.05, 0.1) is 29.8 Å². The monoisotopic (exact) mass is 677 g/mol. The lowest BCUT2D eigenvalue weighted by Crippen LogP contribution is -2.54. The predicted molar refractivity (Wildman–Crippen MR) is 184 cm³/mol. The molecule has 2 amide bonds. The van der Waals surface area contributed by atoms with E-state index in [2.05, 4.69) is 5.32 Å². The van der Waals surface area contributed by atoms with Crippen LogP contribution in [0.5, 0.6) is 11.5 Å². The van der Waals surface area contributed by atoms with E-state index in [0.29, 0.717) is 23.5 Å². The lowest BCUT2D eigenvalue weighted by molar-refractivity contribution is -0.140. The average Bonchev–Trinajstić information content (AvgIpc) is 3.09. The molecule has 0 aliphatic carbocycles. The average molecular weight is 678 g/mol. The zero-order valence-electron chi connectivity index (χ0n) is 26.9. The molecule has 2 unspecified atom stereocenters. The first kappa shape index (κ1) is 35.3. The second kappa shape index (κ2) is 16.3. The molecule has 1 N–H and O–H groups in total. The standard InChI is InChI=1S/C36H40ClN3O6S/c1-5-26(2)38-36(42)33(22-27-13-8-6-9-14-27)39(24-28-15-12-16-30(21-28)45-3)35(41)25-40(29-19-20-34(46-4)32(37)23-29)47(43,44)31-17-10-7-11-18-31/h6-21,23,26,33H,5,22,24-25H2,1-4H3,(H,38,42). The number of hydrogen-bond acceptors (Lipinski definition) is 6. The molecule has 0 aliphatic rings. The Labute approximate surface area is 282 Å². The van der Waals surface area contributed by atoms with Crippen molar-refractivity contribution in [2.45, 2.75) is 50.2 Å². The van der Waals surface area contributed by atoms with Gasteiger partial charge in [0, 0.05) is 19.0 Å². The van der Waals surface area contributed by atoms with Crippen molar-refractivity contribution < 1.29 is 27.5 Å². The smallest absolute Gasteiger partial charge is 0.264 e. The summed E-state index contributed by atoms with van der Waals surface area (Å²) in [5.41, 5.74) is 1.71. The molecule has 0 radical (unpaired) electrons. The molecule has 0 aromatic heterocycles. The SMILES string of the molecule is CCC(C)NC(=O)C(Cc1ccccc1)N(Cc1cccc(OC)c1)C(=O)CN(c1ccc(OC)c(Cl)c1)S(=O)(=O)c1ccccc1. The summed E-state index contributed by atoms with van der Waals surface area (Å²) in [5.74, 6) is 0.00622. The highest BCUT2D eigenvalue weighted by atomic mass is 35.5. The van der Waals surface area contributed by atoms with Crippen molar-refractivity contribution in [3.8, 4) is 11.5 Å². The van der Waals surface area contributed by atoms with Gasteiger partial charge in [-0.1, -0.05) is 79.2 Å². The van der Waals surface area contributed by atoms with Gasteiger partial charge in [-0.05, 0) is 66.9 Å². The van der Waals surface area contributed by atoms with Gasteiger partial charge in [-0.3, -0.25) is 13.9 Å². The Balaban J connectivity index is 1.83. The summed E-state index contributed by atoms with van der Waals surface area (Å²) in [6.45, 7) is 3.27. The largest absolute Gasteiger partial charge is 0.497 e. The molecule has 0 saturated heterocycles. The van der Waals surface area contributed by atoms with Crippen LogP contribution >= 0.6 is 11.6 Å². The fourth-order valence-electron chi connectivity index (χ4n) is 5.02. The van der Waals surface area contributed by atoms with Gasteiger partial charge >= 0.3 is 0 Å². The maximum absolute atomic E-state index is 14.6. The van der Waals surface area contributed by atoms with Crippen molar-refractivity contribution in [3.05, 3.63) is 119 Å². The molecule has 0 heterocycles. The van der Waals surface area contributed by atoms with Crippen LogP contribution in [0.2, 0.25) is 5.02 Å². The minimum Gasteiger partial charge on any atom is -0.497 e. The molecule has 11 heteroatoms. The molecule has 0 fully saturated rings. The topological polar surface area (TPSA) is 105 Å². The van der Waals surface area contributed by atoms with Crippen LogP contribution in [0.25, 0.3) is 0 Å². The van der Waals surface area contributed by atoms with E-state index in [1.165, 1.54) is 36.3 Å². The Morgan fingerprint density at radius 2 is 1.51 bits per heavy atom. The molecule has 9 nitrogen and oxygen atoms in total. The number of halogens is 1. The van der Waals surface area contributed by atoms with Crippen molar-refractivity contribution >= 4 is 39.1 Å². The van der Waals surface area contributed by atoms with Crippen molar-refractivity contribution in [3.63, 3.8) is 0 Å². The lowest BCUT2D eigenvalue weighted by atomic mass is 10.0. The van der Waals surface area contributed by atoms with E-state index in [0.717, 1.165) is 9.87 Å². The van der Waals surface area contributed by atoms with Gasteiger partial charge in [0.1, 0.15) is 24.1 Å². The summed E-state index contributed by atoms with van der Waals surface area (Å²) in [7, 11) is -1.26. The first-order valence-electron chi connectivity index (χ1n) is 15.2. The summed E-state index contributed by atoms with van der Waals surface area (Å²) in [5, 5.41) is 3.21. The maximum Gasteiger partial charge on any atom is 0.264 e. The minimum atomic E-state index is -4.26. The van der Waals surface area contributed by atoms with E-state index in [9.17, 15) is 18.0 Å². The van der Waals surface area contributed by atoms with Crippen LogP contribution in [-0.2, 0) is 32.6 Å². The van der Waals surface area contributed by atoms with Crippen LogP contribution in [-0.4, -0.2) is 58.0 Å². The summed E-state index contributed by atoms with van der Waals surface area (Å²) in [6, 6.07) is 27.9. The Bertz CT molecular complexity index is 1760. The van der Waals surface area contributed by atoms with E-state index < -0.39 is 28.5 Å². The van der Waals surface area contributed by atoms with Crippen LogP contribution in [0.15, 0.2) is 108 Å². The number of nitrogens with one attached hydrogen (secondary N) is 1. The predicted octanol–water partition coefficient (Wildman–Crippen LogP) is 6.11. The third-order valence-electron chi connectivity index (χ3n) is 7.79. The first-order valence-corrected chi connectivity index (χ1v) is 17.1. The quantitative estimate of drug-likeness (QED) is 0.163. The number of ether oxygens (including phenoxy) is 2. The van der Waals surface area contributed by atoms with E-state index in [-0.39, 0.29) is 40.5 Å². The number of hydrogen-bond donors (Lipinski definition) is 1. The molecule has 0 saturated carbocycles. The third-order valence-corrected chi connectivity index (χ3v) is 9.88. The van der Waals surface area contributed by atoms with E-state index in [1.54, 1.807) is 49.6 Å². The van der Waals surface area contributed by atoms with E-state index in [4.69, 9.17) is 21.1 Å². The number of methoxy groups -OCH3 is 2. The lowest BCUT2D eigenvalue weighted by Gasteiger charge is -2.34. The number of anilines is 1. The molecule has 0 aliphatic heterocycles. The Morgan fingerprint density at radius 1 is 0.851 bits per heavy atom. The van der Waals surface area contributed by atoms with E-state index >= 15 is 0 Å². The molecule has 248 valence electrons. The normalized spacial score (nSPS) is 12.4. The molecule has 2 atom stereocenters. The molecule has 4 aromatic rings. The van der Waals surface area contributed by atoms with Gasteiger partial charge in [0.2, 0.25) is 11.8 Å². The number of sulfonamides is 1. The van der Waals surface area contributed by atoms with Gasteiger partial charge in [-0.15, -0.1) is 0 Å². The maximum atomic E-state index is 14.6. The Kier molecular flexibility index (Phi) is 12.3. The fraction of sp³-hybridized carbons (Fsp3) is 0.278. The number of amides is 2. The zero-order chi connectivity index (χ0) is 34.0. The molecule has 4 aromatic carbocycles. The first-order chi connectivity index (χ1) is 22.6. The molecule has 47 heavy (non-hydrogen) atoms. The molecular weight excluding hydrogens is 638 g/mol. The zero-order valence-corrected chi connectivity index (χ0v) is 28.5. The molecule has 4 rings (SSSR count). The van der Waals surface area contributed by atoms with Crippen molar-refractivity contribution in [2.75, 3.05) is 25.1 Å². The van der Waals surface area contributed by atoms with Crippen LogP contribution in [0.3, 0.4) is 0 Å². The van der Waals surface area contributed by atoms with Gasteiger partial charge in [0.25, 0.3) is 10.0 Å². The number of rotatable bonds is 15. The van der Waals surface area contributed by atoms with Crippen LogP contribution in [0.1, 0.15) is 31.4 Å². The van der Waals surface area contributed by atoms with Gasteiger partial charge < -0.3 is 19.7 Å². The van der Waals surface area contributed by atoms with Crippen LogP contribution in [0.4, 0.5) is 5.69 Å². The van der Waals surface area contributed by atoms with Gasteiger partial charge in [0.15, 0.2) is 0 Å². The van der Waals surface area contributed by atoms with Crippen molar-refractivity contribution in [1.29, 1.82) is 0 Å². The Hall–Kier alpha value is -4.54. The highest BCUT2D eigenvalue weighted by Gasteiger charge is 2.35. The molecule has 0 bridgehead atoms. The summed E-state index contributed by atoms with van der Waals surface area (Å²) in [4.78, 5) is 30.0. The second-order valence-electron chi connectivity index (χ2n) is 11.0. The van der Waals surface area contributed by atoms with Gasteiger partial charge in [-0.2, -0.15) is 0 Å². The van der Waals surface area contributed by atoms with Crippen LogP contribution < -0.4 is 19.1 Å². The third kappa shape index (κ3) is 9.05. The Morgan fingerprint density at radius 3 is 2.13 bits per heavy atom. The van der Waals surface area contributed by atoms with Crippen molar-refractivity contribution in [2.24, 2.45) is 0 Å². The van der Waals surface area contributed by atoms with Gasteiger partial charge in [-0.25, -0.2) is 8.42 Å². The summed E-state index contributed by atoms with van der Waals surface area (Å²) in [6.07, 6.45) is 0.896. The van der Waals surface area contributed by atoms with E-state index in [1.807, 2.05) is 50.2 Å². The summed E-state index contributed by atoms with van der Waals surface area (Å²) < 4.78 is 40.0. The number of nitrogens with zero attached hydrogens (tertiary/aromatic N) is 2. The molecular formula is C36H40ClN3O6S. The highest BCUT2D eigenvalue weighted by molar-refractivity contribution is 7.92. The number of carbonyl (C=O) groups is 2. The minimum absolute atomic E-state index is 0.00515. The molecule has 0 spiro atoms. The highest BCUT2D eigenvalue weighted by Crippen LogP contribution is 2.32.